The van der Waals surface area contributed by atoms with Crippen LogP contribution >= 0.6 is 0 Å². The summed E-state index contributed by atoms with van der Waals surface area (Å²) in [6.45, 7) is 5.39. The number of pyridine rings is 1. The molecule has 40 heavy (non-hydrogen) atoms. The minimum atomic E-state index is 0.456. The van der Waals surface area contributed by atoms with Crippen LogP contribution in [0.1, 0.15) is 81.9 Å². The molecule has 1 unspecified atom stereocenters. The Morgan fingerprint density at radius 1 is 0.975 bits per heavy atom. The van der Waals surface area contributed by atoms with E-state index in [0.29, 0.717) is 6.04 Å². The minimum absolute atomic E-state index is 0.456. The van der Waals surface area contributed by atoms with Crippen molar-refractivity contribution in [2.75, 3.05) is 6.54 Å². The van der Waals surface area contributed by atoms with Crippen LogP contribution in [0.3, 0.4) is 0 Å². The second kappa shape index (κ2) is 14.2. The zero-order valence-corrected chi connectivity index (χ0v) is 24.3. The first-order chi connectivity index (χ1) is 19.7. The summed E-state index contributed by atoms with van der Waals surface area (Å²) in [6, 6.07) is 23.0. The van der Waals surface area contributed by atoms with Crippen LogP contribution in [-0.2, 0) is 6.42 Å². The molecule has 0 amide bonds. The van der Waals surface area contributed by atoms with Crippen molar-refractivity contribution >= 4 is 16.7 Å². The van der Waals surface area contributed by atoms with E-state index in [0.717, 1.165) is 19.4 Å². The molecule has 0 radical (unpaired) electrons. The Kier molecular flexibility index (Phi) is 9.98. The molecule has 206 valence electrons. The number of nitrogens with one attached hydrogen (secondary N) is 1. The highest BCUT2D eigenvalue weighted by molar-refractivity contribution is 5.76. The zero-order valence-electron chi connectivity index (χ0n) is 24.3. The fourth-order valence-electron chi connectivity index (χ4n) is 6.09. The fraction of sp³-hybridized carbons (Fsp3) is 0.342. The van der Waals surface area contributed by atoms with Gasteiger partial charge in [-0.05, 0) is 107 Å². The van der Waals surface area contributed by atoms with E-state index in [9.17, 15) is 0 Å². The lowest BCUT2D eigenvalue weighted by atomic mass is 9.86. The summed E-state index contributed by atoms with van der Waals surface area (Å²) >= 11 is 0. The molecule has 0 bridgehead atoms. The van der Waals surface area contributed by atoms with Crippen LogP contribution in [0.5, 0.6) is 0 Å². The number of nitrogens with zero attached hydrogens (tertiary/aromatic N) is 1. The number of hydrogen-bond donors (Lipinski definition) is 1. The van der Waals surface area contributed by atoms with Gasteiger partial charge in [-0.1, -0.05) is 98.7 Å². The average Bonchev–Trinajstić information content (AvgIpc) is 3.01. The van der Waals surface area contributed by atoms with Crippen LogP contribution in [0.2, 0.25) is 0 Å². The normalized spacial score (nSPS) is 17.7. The highest BCUT2D eigenvalue weighted by atomic mass is 14.9. The van der Waals surface area contributed by atoms with E-state index in [1.165, 1.54) is 94.4 Å². The van der Waals surface area contributed by atoms with Crippen LogP contribution in [0.4, 0.5) is 0 Å². The van der Waals surface area contributed by atoms with Gasteiger partial charge in [-0.3, -0.25) is 4.98 Å². The summed E-state index contributed by atoms with van der Waals surface area (Å²) in [5, 5.41) is 6.54. The number of fused-ring (bicyclic) bond motifs is 1. The van der Waals surface area contributed by atoms with Gasteiger partial charge in [-0.15, -0.1) is 0 Å². The smallest absolute Gasteiger partial charge is 0.0343 e. The second-order valence-electron chi connectivity index (χ2n) is 11.3. The topological polar surface area (TPSA) is 24.9 Å². The molecule has 0 saturated carbocycles. The molecule has 2 nitrogen and oxygen atoms in total. The van der Waals surface area contributed by atoms with Crippen molar-refractivity contribution in [2.45, 2.75) is 77.7 Å². The second-order valence-corrected chi connectivity index (χ2v) is 11.3. The molecule has 1 atom stereocenters. The number of benzene rings is 2. The van der Waals surface area contributed by atoms with E-state index in [1.54, 1.807) is 0 Å². The quantitative estimate of drug-likeness (QED) is 0.157. The number of unbranched alkanes of at least 4 members (excludes halogenated alkanes) is 2. The lowest BCUT2D eigenvalue weighted by Crippen LogP contribution is -2.32. The van der Waals surface area contributed by atoms with Crippen LogP contribution < -0.4 is 15.8 Å². The van der Waals surface area contributed by atoms with Gasteiger partial charge in [0.15, 0.2) is 0 Å². The van der Waals surface area contributed by atoms with Crippen LogP contribution in [-0.4, -0.2) is 17.6 Å². The van der Waals surface area contributed by atoms with Gasteiger partial charge in [-0.25, -0.2) is 0 Å². The Balaban J connectivity index is 1.48. The van der Waals surface area contributed by atoms with Gasteiger partial charge in [0, 0.05) is 25.0 Å². The van der Waals surface area contributed by atoms with E-state index < -0.39 is 0 Å². The zero-order chi connectivity index (χ0) is 27.6. The molecule has 2 heteroatoms. The molecule has 0 aliphatic heterocycles. The number of aromatic nitrogens is 1. The van der Waals surface area contributed by atoms with E-state index in [2.05, 4.69) is 103 Å². The highest BCUT2D eigenvalue weighted by Gasteiger charge is 2.15. The first kappa shape index (κ1) is 28.1. The maximum Gasteiger partial charge on any atom is 0.0343 e. The Morgan fingerprint density at radius 3 is 2.67 bits per heavy atom. The van der Waals surface area contributed by atoms with Crippen LogP contribution in [0, 0.1) is 0 Å². The van der Waals surface area contributed by atoms with E-state index in [1.807, 2.05) is 18.5 Å². The third kappa shape index (κ3) is 7.17. The highest BCUT2D eigenvalue weighted by Crippen LogP contribution is 2.27. The lowest BCUT2D eigenvalue weighted by molar-refractivity contribution is 0.551. The summed E-state index contributed by atoms with van der Waals surface area (Å²) in [5.41, 5.74) is 9.62. The van der Waals surface area contributed by atoms with Crippen molar-refractivity contribution in [3.05, 3.63) is 130 Å². The van der Waals surface area contributed by atoms with Gasteiger partial charge in [0.05, 0.1) is 0 Å². The van der Waals surface area contributed by atoms with Crippen molar-refractivity contribution in [2.24, 2.45) is 0 Å². The molecule has 1 aromatic heterocycles. The Hall–Kier alpha value is -3.49. The summed E-state index contributed by atoms with van der Waals surface area (Å²) in [6.07, 6.45) is 23.9. The van der Waals surface area contributed by atoms with Crippen LogP contribution in [0.25, 0.3) is 16.7 Å². The predicted octanol–water partition coefficient (Wildman–Crippen LogP) is 7.69. The molecule has 2 aromatic carbocycles. The molecule has 0 saturated heterocycles. The minimum Gasteiger partial charge on any atom is -0.306 e. The first-order valence-electron chi connectivity index (χ1n) is 15.3. The predicted molar refractivity (Wildman–Crippen MR) is 171 cm³/mol. The third-order valence-corrected chi connectivity index (χ3v) is 8.40. The van der Waals surface area contributed by atoms with E-state index >= 15 is 0 Å². The summed E-state index contributed by atoms with van der Waals surface area (Å²) in [4.78, 5) is 4.40. The fourth-order valence-corrected chi connectivity index (χ4v) is 6.09. The lowest BCUT2D eigenvalue weighted by Gasteiger charge is -2.20. The third-order valence-electron chi connectivity index (χ3n) is 8.40. The van der Waals surface area contributed by atoms with Gasteiger partial charge in [-0.2, -0.15) is 0 Å². The maximum absolute atomic E-state index is 4.40. The molecular weight excluding hydrogens is 484 g/mol. The average molecular weight is 529 g/mol. The van der Waals surface area contributed by atoms with Crippen molar-refractivity contribution in [1.29, 1.82) is 0 Å². The number of hydrogen-bond acceptors (Lipinski definition) is 2. The first-order valence-corrected chi connectivity index (χ1v) is 15.3. The SMILES string of the molecule is CCCCCc1cccc(C2=c3ccccc3=C(/C(C)=C/C=C(\CNC3C=CCCC3)c3cccnc3)CC2)c1. The molecule has 5 rings (SSSR count). The molecular formula is C38H44N2. The standard InChI is InChI=1S/C38H44N2/c1-3-4-6-13-30-14-11-15-31(26-30)36-24-23-35(37-19-9-10-20-38(36)37)29(2)21-22-33(32-16-12-25-39-27-32)28-40-34-17-7-5-8-18-34/h7,9-12,14-17,19-22,25-27,34,40H,3-6,8,13,18,23-24,28H2,1-2H3/b29-21+,33-22+. The monoisotopic (exact) mass is 528 g/mol. The molecule has 1 heterocycles. The number of rotatable bonds is 11. The Bertz CT molecular complexity index is 1490. The van der Waals surface area contributed by atoms with Crippen molar-refractivity contribution in [3.63, 3.8) is 0 Å². The molecule has 0 fully saturated rings. The Labute approximate surface area is 241 Å². The van der Waals surface area contributed by atoms with Crippen molar-refractivity contribution in [1.82, 2.24) is 10.3 Å². The Morgan fingerprint density at radius 2 is 1.88 bits per heavy atom. The molecule has 1 N–H and O–H groups in total. The van der Waals surface area contributed by atoms with Crippen molar-refractivity contribution in [3.8, 4) is 0 Å². The summed E-state index contributed by atoms with van der Waals surface area (Å²) in [7, 11) is 0. The molecule has 2 aliphatic carbocycles. The molecule has 3 aromatic rings. The van der Waals surface area contributed by atoms with Gasteiger partial charge in [0.1, 0.15) is 0 Å². The van der Waals surface area contributed by atoms with Gasteiger partial charge in [0.2, 0.25) is 0 Å². The number of allylic oxidation sites excluding steroid dienone is 4. The van der Waals surface area contributed by atoms with E-state index in [-0.39, 0.29) is 0 Å². The largest absolute Gasteiger partial charge is 0.306 e. The van der Waals surface area contributed by atoms with Gasteiger partial charge < -0.3 is 5.32 Å². The maximum atomic E-state index is 4.40. The summed E-state index contributed by atoms with van der Waals surface area (Å²) in [5.74, 6) is 0. The van der Waals surface area contributed by atoms with E-state index in [4.69, 9.17) is 0 Å². The van der Waals surface area contributed by atoms with Gasteiger partial charge >= 0.3 is 0 Å². The summed E-state index contributed by atoms with van der Waals surface area (Å²) < 4.78 is 0. The van der Waals surface area contributed by atoms with Gasteiger partial charge in [0.25, 0.3) is 0 Å². The van der Waals surface area contributed by atoms with Crippen molar-refractivity contribution < 1.29 is 0 Å². The van der Waals surface area contributed by atoms with Crippen LogP contribution in [0.15, 0.2) is 103 Å². The molecule has 0 spiro atoms. The molecule has 2 aliphatic rings. The number of aryl methyl sites for hydroxylation is 1.